The van der Waals surface area contributed by atoms with E-state index in [4.69, 9.17) is 4.99 Å². The van der Waals surface area contributed by atoms with Gasteiger partial charge in [0.2, 0.25) is 0 Å². The van der Waals surface area contributed by atoms with Crippen LogP contribution in [0.5, 0.6) is 0 Å². The zero-order valence-corrected chi connectivity index (χ0v) is 18.9. The molecule has 0 spiro atoms. The number of aliphatic imine (C=N–C) groups is 1. The summed E-state index contributed by atoms with van der Waals surface area (Å²) in [6, 6.07) is 10.6. The molecule has 29 heavy (non-hydrogen) atoms. The van der Waals surface area contributed by atoms with Crippen LogP contribution in [-0.4, -0.2) is 88.3 Å². The number of nitrogens with one attached hydrogen (secondary N) is 2. The topological polar surface area (TPSA) is 46.1 Å². The highest BCUT2D eigenvalue weighted by molar-refractivity contribution is 5.79. The molecule has 6 nitrogen and oxygen atoms in total. The first-order valence-electron chi connectivity index (χ1n) is 11.5. The van der Waals surface area contributed by atoms with Crippen molar-refractivity contribution >= 4 is 11.6 Å². The number of benzene rings is 1. The lowest BCUT2D eigenvalue weighted by molar-refractivity contribution is 0.274. The fourth-order valence-electron chi connectivity index (χ4n) is 3.74. The normalized spacial score (nSPS) is 16.4. The van der Waals surface area contributed by atoms with E-state index in [-0.39, 0.29) is 0 Å². The number of anilines is 1. The number of para-hydroxylation sites is 1. The van der Waals surface area contributed by atoms with E-state index in [1.807, 2.05) is 0 Å². The Morgan fingerprint density at radius 1 is 1.03 bits per heavy atom. The van der Waals surface area contributed by atoms with Crippen molar-refractivity contribution in [2.24, 2.45) is 4.99 Å². The van der Waals surface area contributed by atoms with Crippen LogP contribution in [-0.2, 0) is 0 Å². The van der Waals surface area contributed by atoms with Gasteiger partial charge in [0, 0.05) is 51.5 Å². The van der Waals surface area contributed by atoms with Crippen molar-refractivity contribution < 1.29 is 0 Å². The molecular formula is C23H42N6. The predicted octanol–water partition coefficient (Wildman–Crippen LogP) is 2.49. The summed E-state index contributed by atoms with van der Waals surface area (Å²) in [5.74, 6) is 0.950. The third-order valence-electron chi connectivity index (χ3n) is 5.46. The van der Waals surface area contributed by atoms with Crippen LogP contribution in [0.15, 0.2) is 35.3 Å². The third-order valence-corrected chi connectivity index (χ3v) is 5.46. The van der Waals surface area contributed by atoms with Crippen LogP contribution in [0.4, 0.5) is 5.69 Å². The van der Waals surface area contributed by atoms with Gasteiger partial charge in [-0.25, -0.2) is 0 Å². The molecule has 0 aliphatic carbocycles. The van der Waals surface area contributed by atoms with E-state index < -0.39 is 0 Å². The Balaban J connectivity index is 1.66. The van der Waals surface area contributed by atoms with Crippen molar-refractivity contribution in [3.05, 3.63) is 30.3 Å². The Labute approximate surface area is 178 Å². The van der Waals surface area contributed by atoms with Crippen molar-refractivity contribution in [1.29, 1.82) is 0 Å². The first kappa shape index (κ1) is 23.5. The van der Waals surface area contributed by atoms with Crippen molar-refractivity contribution in [3.63, 3.8) is 0 Å². The van der Waals surface area contributed by atoms with E-state index >= 15 is 0 Å². The first-order chi connectivity index (χ1) is 14.2. The van der Waals surface area contributed by atoms with E-state index in [1.165, 1.54) is 44.8 Å². The molecule has 1 heterocycles. The van der Waals surface area contributed by atoms with Gasteiger partial charge in [-0.05, 0) is 71.9 Å². The largest absolute Gasteiger partial charge is 0.372 e. The monoisotopic (exact) mass is 402 g/mol. The number of nitrogens with zero attached hydrogens (tertiary/aromatic N) is 4. The van der Waals surface area contributed by atoms with Crippen molar-refractivity contribution in [1.82, 2.24) is 20.4 Å². The maximum absolute atomic E-state index is 4.77. The smallest absolute Gasteiger partial charge is 0.191 e. The van der Waals surface area contributed by atoms with Gasteiger partial charge in [0.05, 0.1) is 0 Å². The molecule has 0 radical (unpaired) electrons. The van der Waals surface area contributed by atoms with Crippen molar-refractivity contribution in [2.45, 2.75) is 33.1 Å². The molecular weight excluding hydrogens is 360 g/mol. The fraction of sp³-hybridized carbons (Fsp3) is 0.696. The van der Waals surface area contributed by atoms with Gasteiger partial charge in [0.1, 0.15) is 0 Å². The SMILES string of the molecule is CCNC(=NCCCN(CC)c1ccccc1)NCCCN1CCCN(C)CC1. The van der Waals surface area contributed by atoms with Gasteiger partial charge < -0.3 is 25.3 Å². The Morgan fingerprint density at radius 2 is 1.86 bits per heavy atom. The van der Waals surface area contributed by atoms with Crippen LogP contribution >= 0.6 is 0 Å². The van der Waals surface area contributed by atoms with E-state index in [9.17, 15) is 0 Å². The van der Waals surface area contributed by atoms with E-state index in [2.05, 4.69) is 76.6 Å². The summed E-state index contributed by atoms with van der Waals surface area (Å²) in [6.07, 6.45) is 3.50. The summed E-state index contributed by atoms with van der Waals surface area (Å²) in [4.78, 5) is 12.2. The van der Waals surface area contributed by atoms with Crippen molar-refractivity contribution in [2.75, 3.05) is 77.4 Å². The summed E-state index contributed by atoms with van der Waals surface area (Å²) < 4.78 is 0. The minimum atomic E-state index is 0.844. The molecule has 0 bridgehead atoms. The zero-order valence-electron chi connectivity index (χ0n) is 18.9. The van der Waals surface area contributed by atoms with Gasteiger partial charge in [-0.1, -0.05) is 18.2 Å². The highest BCUT2D eigenvalue weighted by Gasteiger charge is 2.11. The van der Waals surface area contributed by atoms with Crippen LogP contribution in [0.2, 0.25) is 0 Å². The molecule has 1 aromatic rings. The van der Waals surface area contributed by atoms with Gasteiger partial charge in [0.15, 0.2) is 5.96 Å². The van der Waals surface area contributed by atoms with E-state index in [0.29, 0.717) is 0 Å². The quantitative estimate of drug-likeness (QED) is 0.338. The second-order valence-corrected chi connectivity index (χ2v) is 7.81. The Hall–Kier alpha value is -1.79. The lowest BCUT2D eigenvalue weighted by atomic mass is 10.2. The maximum Gasteiger partial charge on any atom is 0.191 e. The van der Waals surface area contributed by atoms with Crippen LogP contribution in [0.3, 0.4) is 0 Å². The Bertz CT molecular complexity index is 562. The zero-order chi connectivity index (χ0) is 20.7. The lowest BCUT2D eigenvalue weighted by Gasteiger charge is -2.22. The molecule has 1 aromatic carbocycles. The van der Waals surface area contributed by atoms with Crippen LogP contribution in [0, 0.1) is 0 Å². The van der Waals surface area contributed by atoms with Gasteiger partial charge in [-0.3, -0.25) is 4.99 Å². The molecule has 1 aliphatic heterocycles. The van der Waals surface area contributed by atoms with Gasteiger partial charge in [-0.2, -0.15) is 0 Å². The van der Waals surface area contributed by atoms with Crippen molar-refractivity contribution in [3.8, 4) is 0 Å². The molecule has 0 saturated carbocycles. The molecule has 0 unspecified atom stereocenters. The average Bonchev–Trinajstić information content (AvgIpc) is 2.95. The molecule has 2 rings (SSSR count). The maximum atomic E-state index is 4.77. The molecule has 0 aromatic heterocycles. The molecule has 1 aliphatic rings. The summed E-state index contributed by atoms with van der Waals surface area (Å²) in [6.45, 7) is 15.1. The Morgan fingerprint density at radius 3 is 2.62 bits per heavy atom. The first-order valence-corrected chi connectivity index (χ1v) is 11.5. The molecule has 2 N–H and O–H groups in total. The molecule has 0 amide bonds. The lowest BCUT2D eigenvalue weighted by Crippen LogP contribution is -2.39. The second kappa shape index (κ2) is 14.2. The second-order valence-electron chi connectivity index (χ2n) is 7.81. The van der Waals surface area contributed by atoms with Crippen LogP contribution in [0.25, 0.3) is 0 Å². The van der Waals surface area contributed by atoms with Crippen LogP contribution < -0.4 is 15.5 Å². The number of hydrogen-bond acceptors (Lipinski definition) is 4. The van der Waals surface area contributed by atoms with Gasteiger partial charge in [-0.15, -0.1) is 0 Å². The summed E-state index contributed by atoms with van der Waals surface area (Å²) in [5, 5.41) is 6.88. The number of guanidine groups is 1. The minimum absolute atomic E-state index is 0.844. The van der Waals surface area contributed by atoms with E-state index in [0.717, 1.165) is 51.5 Å². The molecule has 164 valence electrons. The highest BCUT2D eigenvalue weighted by atomic mass is 15.2. The highest BCUT2D eigenvalue weighted by Crippen LogP contribution is 2.12. The number of rotatable bonds is 11. The van der Waals surface area contributed by atoms with Gasteiger partial charge >= 0.3 is 0 Å². The average molecular weight is 403 g/mol. The molecule has 6 heteroatoms. The number of likely N-dealkylation sites (N-methyl/N-ethyl adjacent to an activating group) is 1. The van der Waals surface area contributed by atoms with E-state index in [1.54, 1.807) is 0 Å². The standard InChI is InChI=1S/C23H42N6/c1-4-24-23(25-14-9-17-28-18-11-16-27(3)20-21-28)26-15-10-19-29(5-2)22-12-7-6-8-13-22/h6-8,12-13H,4-5,9-11,14-21H2,1-3H3,(H2,24,25,26). The van der Waals surface area contributed by atoms with Crippen LogP contribution in [0.1, 0.15) is 33.1 Å². The van der Waals surface area contributed by atoms with Gasteiger partial charge in [0.25, 0.3) is 0 Å². The molecule has 1 fully saturated rings. The number of hydrogen-bond donors (Lipinski definition) is 2. The fourth-order valence-corrected chi connectivity index (χ4v) is 3.74. The minimum Gasteiger partial charge on any atom is -0.372 e. The Kier molecular flexibility index (Phi) is 11.5. The molecule has 1 saturated heterocycles. The summed E-state index contributed by atoms with van der Waals surface area (Å²) >= 11 is 0. The summed E-state index contributed by atoms with van der Waals surface area (Å²) in [7, 11) is 2.23. The predicted molar refractivity (Wildman–Crippen MR) is 126 cm³/mol. The summed E-state index contributed by atoms with van der Waals surface area (Å²) in [5.41, 5.74) is 1.30. The third kappa shape index (κ3) is 9.50. The molecule has 0 atom stereocenters.